The third-order valence-electron chi connectivity index (χ3n) is 3.25. The molecule has 4 nitrogen and oxygen atoms in total. The van der Waals surface area contributed by atoms with Gasteiger partial charge in [0.2, 0.25) is 0 Å². The fourth-order valence-corrected chi connectivity index (χ4v) is 2.05. The van der Waals surface area contributed by atoms with Gasteiger partial charge in [0.25, 0.3) is 5.91 Å². The van der Waals surface area contributed by atoms with E-state index in [2.05, 4.69) is 5.32 Å². The van der Waals surface area contributed by atoms with E-state index < -0.39 is 0 Å². The Morgan fingerprint density at radius 3 is 2.38 bits per heavy atom. The summed E-state index contributed by atoms with van der Waals surface area (Å²) in [5.41, 5.74) is 3.31. The first-order valence-corrected chi connectivity index (χ1v) is 6.76. The Morgan fingerprint density at radius 2 is 1.76 bits per heavy atom. The highest BCUT2D eigenvalue weighted by atomic mass is 16.5. The number of carbonyl (C=O) groups is 1. The minimum Gasteiger partial charge on any atom is -0.508 e. The molecule has 21 heavy (non-hydrogen) atoms. The lowest BCUT2D eigenvalue weighted by molar-refractivity contribution is -0.118. The van der Waals surface area contributed by atoms with Crippen molar-refractivity contribution in [1.29, 1.82) is 0 Å². The zero-order chi connectivity index (χ0) is 15.4. The van der Waals surface area contributed by atoms with Crippen LogP contribution in [0.15, 0.2) is 36.4 Å². The normalized spacial score (nSPS) is 10.2. The van der Waals surface area contributed by atoms with Crippen molar-refractivity contribution in [1.82, 2.24) is 0 Å². The standard InChI is InChI=1S/C17H19NO3/c1-11-7-8-14(9-15(11)19)18-16(20)10-21-17-12(2)5-4-6-13(17)3/h4-9,19H,10H2,1-3H3,(H,18,20). The molecule has 0 aliphatic carbocycles. The molecule has 2 aromatic rings. The molecule has 0 fully saturated rings. The van der Waals surface area contributed by atoms with Gasteiger partial charge in [0.15, 0.2) is 6.61 Å². The number of rotatable bonds is 4. The van der Waals surface area contributed by atoms with E-state index in [1.807, 2.05) is 32.0 Å². The second-order valence-electron chi connectivity index (χ2n) is 5.06. The molecule has 110 valence electrons. The lowest BCUT2D eigenvalue weighted by atomic mass is 10.1. The van der Waals surface area contributed by atoms with E-state index in [1.165, 1.54) is 6.07 Å². The zero-order valence-electron chi connectivity index (χ0n) is 12.4. The van der Waals surface area contributed by atoms with Crippen LogP contribution in [0.25, 0.3) is 0 Å². The van der Waals surface area contributed by atoms with Crippen molar-refractivity contribution in [2.45, 2.75) is 20.8 Å². The van der Waals surface area contributed by atoms with Crippen LogP contribution in [0.3, 0.4) is 0 Å². The summed E-state index contributed by atoms with van der Waals surface area (Å²) >= 11 is 0. The Labute approximate surface area is 124 Å². The van der Waals surface area contributed by atoms with E-state index in [9.17, 15) is 9.90 Å². The average Bonchev–Trinajstić information content (AvgIpc) is 2.42. The third kappa shape index (κ3) is 3.75. The number of hydrogen-bond donors (Lipinski definition) is 2. The third-order valence-corrected chi connectivity index (χ3v) is 3.25. The average molecular weight is 285 g/mol. The fraction of sp³-hybridized carbons (Fsp3) is 0.235. The van der Waals surface area contributed by atoms with Crippen LogP contribution in [-0.2, 0) is 4.79 Å². The van der Waals surface area contributed by atoms with Crippen LogP contribution < -0.4 is 10.1 Å². The van der Waals surface area contributed by atoms with Gasteiger partial charge in [0, 0.05) is 11.8 Å². The summed E-state index contributed by atoms with van der Waals surface area (Å²) in [6.45, 7) is 5.61. The number of carbonyl (C=O) groups excluding carboxylic acids is 1. The molecule has 0 aromatic heterocycles. The summed E-state index contributed by atoms with van der Waals surface area (Å²) in [5.74, 6) is 0.628. The number of phenols is 1. The van der Waals surface area contributed by atoms with Gasteiger partial charge in [-0.15, -0.1) is 0 Å². The van der Waals surface area contributed by atoms with E-state index in [0.717, 1.165) is 22.4 Å². The predicted octanol–water partition coefficient (Wildman–Crippen LogP) is 3.33. The Balaban J connectivity index is 1.97. The molecular weight excluding hydrogens is 266 g/mol. The molecule has 1 amide bonds. The highest BCUT2D eigenvalue weighted by Crippen LogP contribution is 2.23. The minimum atomic E-state index is -0.263. The molecule has 0 heterocycles. The molecule has 0 atom stereocenters. The fourth-order valence-electron chi connectivity index (χ4n) is 2.05. The molecule has 0 aliphatic heterocycles. The van der Waals surface area contributed by atoms with Crippen molar-refractivity contribution in [3.8, 4) is 11.5 Å². The number of nitrogens with one attached hydrogen (secondary N) is 1. The SMILES string of the molecule is Cc1ccc(NC(=O)COc2c(C)cccc2C)cc1O. The Hall–Kier alpha value is -2.49. The number of aromatic hydroxyl groups is 1. The summed E-state index contributed by atoms with van der Waals surface area (Å²) in [4.78, 5) is 11.9. The van der Waals surface area contributed by atoms with Crippen molar-refractivity contribution in [3.05, 3.63) is 53.1 Å². The number of amides is 1. The van der Waals surface area contributed by atoms with Gasteiger partial charge in [-0.05, 0) is 43.5 Å². The molecule has 2 N–H and O–H groups in total. The molecule has 4 heteroatoms. The Kier molecular flexibility index (Phi) is 4.48. The summed E-state index contributed by atoms with van der Waals surface area (Å²) in [6, 6.07) is 10.8. The van der Waals surface area contributed by atoms with Crippen LogP contribution in [0.4, 0.5) is 5.69 Å². The molecule has 2 rings (SSSR count). The number of hydrogen-bond acceptors (Lipinski definition) is 3. The van der Waals surface area contributed by atoms with Gasteiger partial charge in [-0.1, -0.05) is 24.3 Å². The molecule has 2 aromatic carbocycles. The number of anilines is 1. The maximum atomic E-state index is 11.9. The first kappa shape index (κ1) is 14.9. The van der Waals surface area contributed by atoms with Gasteiger partial charge in [-0.3, -0.25) is 4.79 Å². The van der Waals surface area contributed by atoms with E-state index >= 15 is 0 Å². The Bertz CT molecular complexity index is 645. The van der Waals surface area contributed by atoms with Crippen molar-refractivity contribution in [2.24, 2.45) is 0 Å². The van der Waals surface area contributed by atoms with E-state index in [4.69, 9.17) is 4.74 Å². The van der Waals surface area contributed by atoms with Crippen molar-refractivity contribution < 1.29 is 14.6 Å². The number of benzene rings is 2. The van der Waals surface area contributed by atoms with E-state index in [1.54, 1.807) is 19.1 Å². The summed E-state index contributed by atoms with van der Waals surface area (Å²) in [7, 11) is 0. The number of phenolic OH excluding ortho intramolecular Hbond substituents is 1. The molecule has 0 saturated carbocycles. The number of ether oxygens (including phenoxy) is 1. The molecule has 0 saturated heterocycles. The molecule has 0 radical (unpaired) electrons. The van der Waals surface area contributed by atoms with Crippen LogP contribution in [0.2, 0.25) is 0 Å². The molecular formula is C17H19NO3. The van der Waals surface area contributed by atoms with Gasteiger partial charge < -0.3 is 15.2 Å². The second kappa shape index (κ2) is 6.31. The van der Waals surface area contributed by atoms with Crippen LogP contribution in [0.5, 0.6) is 11.5 Å². The van der Waals surface area contributed by atoms with Crippen molar-refractivity contribution in [3.63, 3.8) is 0 Å². The lowest BCUT2D eigenvalue weighted by Gasteiger charge is -2.12. The zero-order valence-corrected chi connectivity index (χ0v) is 12.4. The largest absolute Gasteiger partial charge is 0.508 e. The second-order valence-corrected chi connectivity index (χ2v) is 5.06. The highest BCUT2D eigenvalue weighted by molar-refractivity contribution is 5.92. The minimum absolute atomic E-state index is 0.0691. The van der Waals surface area contributed by atoms with Gasteiger partial charge in [0.1, 0.15) is 11.5 Å². The van der Waals surface area contributed by atoms with Gasteiger partial charge in [-0.25, -0.2) is 0 Å². The lowest BCUT2D eigenvalue weighted by Crippen LogP contribution is -2.20. The number of para-hydroxylation sites is 1. The first-order chi connectivity index (χ1) is 9.97. The first-order valence-electron chi connectivity index (χ1n) is 6.76. The topological polar surface area (TPSA) is 58.6 Å². The molecule has 0 bridgehead atoms. The van der Waals surface area contributed by atoms with Gasteiger partial charge in [0.05, 0.1) is 0 Å². The van der Waals surface area contributed by atoms with Gasteiger partial charge >= 0.3 is 0 Å². The van der Waals surface area contributed by atoms with Crippen LogP contribution in [0, 0.1) is 20.8 Å². The van der Waals surface area contributed by atoms with Crippen LogP contribution in [0.1, 0.15) is 16.7 Å². The maximum Gasteiger partial charge on any atom is 0.262 e. The smallest absolute Gasteiger partial charge is 0.262 e. The van der Waals surface area contributed by atoms with Crippen molar-refractivity contribution >= 4 is 11.6 Å². The van der Waals surface area contributed by atoms with Crippen LogP contribution in [-0.4, -0.2) is 17.6 Å². The van der Waals surface area contributed by atoms with Gasteiger partial charge in [-0.2, -0.15) is 0 Å². The summed E-state index contributed by atoms with van der Waals surface area (Å²) in [6.07, 6.45) is 0. The maximum absolute atomic E-state index is 11.9. The molecule has 0 aliphatic rings. The summed E-state index contributed by atoms with van der Waals surface area (Å²) < 4.78 is 5.58. The van der Waals surface area contributed by atoms with E-state index in [0.29, 0.717) is 5.69 Å². The highest BCUT2D eigenvalue weighted by Gasteiger charge is 2.08. The summed E-state index contributed by atoms with van der Waals surface area (Å²) in [5, 5.41) is 12.3. The van der Waals surface area contributed by atoms with E-state index in [-0.39, 0.29) is 18.3 Å². The Morgan fingerprint density at radius 1 is 1.10 bits per heavy atom. The monoisotopic (exact) mass is 285 g/mol. The van der Waals surface area contributed by atoms with Crippen LogP contribution >= 0.6 is 0 Å². The number of aryl methyl sites for hydroxylation is 3. The van der Waals surface area contributed by atoms with Crippen molar-refractivity contribution in [2.75, 3.05) is 11.9 Å². The quantitative estimate of drug-likeness (QED) is 0.905. The molecule has 0 spiro atoms. The predicted molar refractivity (Wildman–Crippen MR) is 82.9 cm³/mol. The molecule has 0 unspecified atom stereocenters.